The minimum Gasteiger partial charge on any atom is -0.384 e. The highest BCUT2D eigenvalue weighted by atomic mass is 32.2. The molecule has 0 saturated heterocycles. The second kappa shape index (κ2) is 4.25. The van der Waals surface area contributed by atoms with Gasteiger partial charge in [0.15, 0.2) is 0 Å². The van der Waals surface area contributed by atoms with Gasteiger partial charge in [-0.25, -0.2) is 13.8 Å². The first-order valence-electron chi connectivity index (χ1n) is 3.31. The average Bonchev–Trinajstić information content (AvgIpc) is 2.03. The number of hydrogen-bond donors (Lipinski definition) is 1. The van der Waals surface area contributed by atoms with E-state index in [0.29, 0.717) is 10.7 Å². The molecule has 0 aliphatic rings. The Hall–Kier alpha value is -0.840. The topological polar surface area (TPSA) is 38.9 Å². The molecule has 0 saturated carbocycles. The van der Waals surface area contributed by atoms with Gasteiger partial charge in [0.05, 0.1) is 5.75 Å². The van der Waals surface area contributed by atoms with Crippen molar-refractivity contribution in [2.24, 2.45) is 0 Å². The van der Waals surface area contributed by atoms with Gasteiger partial charge in [-0.3, -0.25) is 0 Å². The van der Waals surface area contributed by atoms with E-state index < -0.39 is 6.43 Å². The van der Waals surface area contributed by atoms with E-state index in [4.69, 9.17) is 5.73 Å². The maximum atomic E-state index is 11.7. The largest absolute Gasteiger partial charge is 0.384 e. The number of nitrogens with two attached hydrogens (primary N) is 1. The van der Waals surface area contributed by atoms with Gasteiger partial charge >= 0.3 is 0 Å². The fraction of sp³-hybridized carbons (Fsp3) is 0.286. The second-order valence-corrected chi connectivity index (χ2v) is 3.21. The predicted molar refractivity (Wildman–Crippen MR) is 45.4 cm³/mol. The maximum absolute atomic E-state index is 11.7. The number of aromatic nitrogens is 1. The number of pyridine rings is 1. The van der Waals surface area contributed by atoms with Crippen LogP contribution in [0.2, 0.25) is 0 Å². The molecule has 2 N–H and O–H groups in total. The highest BCUT2D eigenvalue weighted by molar-refractivity contribution is 7.99. The van der Waals surface area contributed by atoms with Gasteiger partial charge in [-0.05, 0) is 12.1 Å². The van der Waals surface area contributed by atoms with Crippen molar-refractivity contribution in [3.05, 3.63) is 18.3 Å². The van der Waals surface area contributed by atoms with E-state index in [2.05, 4.69) is 4.98 Å². The fourth-order valence-corrected chi connectivity index (χ4v) is 1.25. The van der Waals surface area contributed by atoms with E-state index in [1.165, 1.54) is 6.20 Å². The van der Waals surface area contributed by atoms with Crippen LogP contribution >= 0.6 is 11.8 Å². The van der Waals surface area contributed by atoms with Crippen LogP contribution in [-0.2, 0) is 0 Å². The number of hydrogen-bond acceptors (Lipinski definition) is 3. The summed E-state index contributed by atoms with van der Waals surface area (Å²) in [6.45, 7) is 0. The number of nitrogens with zero attached hydrogens (tertiary/aromatic N) is 1. The van der Waals surface area contributed by atoms with Crippen LogP contribution in [0.5, 0.6) is 0 Å². The van der Waals surface area contributed by atoms with E-state index >= 15 is 0 Å². The maximum Gasteiger partial charge on any atom is 0.247 e. The summed E-state index contributed by atoms with van der Waals surface area (Å²) in [6, 6.07) is 3.27. The summed E-state index contributed by atoms with van der Waals surface area (Å²) in [6.07, 6.45) is -0.796. The van der Waals surface area contributed by atoms with Crippen LogP contribution in [0.4, 0.5) is 14.6 Å². The standard InChI is InChI=1S/C7H8F2N2S/c8-6(9)4-12-5-1-2-7(10)11-3-5/h1-3,6H,4H2,(H2,10,11). The Morgan fingerprint density at radius 1 is 1.50 bits per heavy atom. The van der Waals surface area contributed by atoms with Gasteiger partial charge in [-0.15, -0.1) is 11.8 Å². The molecule has 66 valence electrons. The van der Waals surface area contributed by atoms with Gasteiger partial charge in [0.25, 0.3) is 0 Å². The quantitative estimate of drug-likeness (QED) is 0.741. The van der Waals surface area contributed by atoms with E-state index in [9.17, 15) is 8.78 Å². The molecule has 0 fully saturated rings. The second-order valence-electron chi connectivity index (χ2n) is 2.12. The molecule has 0 bridgehead atoms. The zero-order valence-electron chi connectivity index (χ0n) is 6.21. The van der Waals surface area contributed by atoms with Gasteiger partial charge in [0.1, 0.15) is 5.82 Å². The predicted octanol–water partition coefficient (Wildman–Crippen LogP) is 2.02. The SMILES string of the molecule is Nc1ccc(SCC(F)F)cn1. The molecule has 0 aromatic carbocycles. The van der Waals surface area contributed by atoms with Crippen LogP contribution in [-0.4, -0.2) is 17.2 Å². The van der Waals surface area contributed by atoms with Crippen LogP contribution in [0.3, 0.4) is 0 Å². The summed E-state index contributed by atoms with van der Waals surface area (Å²) in [5.74, 6) is 0.197. The number of thioether (sulfide) groups is 1. The summed E-state index contributed by atoms with van der Waals surface area (Å²) >= 11 is 1.07. The summed E-state index contributed by atoms with van der Waals surface area (Å²) in [7, 11) is 0. The number of rotatable bonds is 3. The summed E-state index contributed by atoms with van der Waals surface area (Å²) in [5.41, 5.74) is 5.31. The van der Waals surface area contributed by atoms with Crippen molar-refractivity contribution in [3.63, 3.8) is 0 Å². The fourth-order valence-electron chi connectivity index (χ4n) is 0.636. The smallest absolute Gasteiger partial charge is 0.247 e. The van der Waals surface area contributed by atoms with Crippen molar-refractivity contribution in [3.8, 4) is 0 Å². The zero-order valence-corrected chi connectivity index (χ0v) is 7.02. The van der Waals surface area contributed by atoms with Gasteiger partial charge in [-0.2, -0.15) is 0 Å². The Labute approximate surface area is 73.2 Å². The van der Waals surface area contributed by atoms with Crippen LogP contribution in [0.15, 0.2) is 23.2 Å². The first-order chi connectivity index (χ1) is 5.68. The first kappa shape index (κ1) is 9.25. The Morgan fingerprint density at radius 3 is 2.75 bits per heavy atom. The van der Waals surface area contributed by atoms with Crippen molar-refractivity contribution in [2.75, 3.05) is 11.5 Å². The first-order valence-corrected chi connectivity index (χ1v) is 4.29. The van der Waals surface area contributed by atoms with Crippen LogP contribution in [0, 0.1) is 0 Å². The average molecular weight is 190 g/mol. The Balaban J connectivity index is 2.48. The molecule has 0 spiro atoms. The zero-order chi connectivity index (χ0) is 8.97. The number of anilines is 1. The van der Waals surface area contributed by atoms with E-state index in [-0.39, 0.29) is 5.75 Å². The van der Waals surface area contributed by atoms with Crippen molar-refractivity contribution in [1.29, 1.82) is 0 Å². The lowest BCUT2D eigenvalue weighted by atomic mass is 10.5. The lowest BCUT2D eigenvalue weighted by molar-refractivity contribution is 0.177. The Morgan fingerprint density at radius 2 is 2.25 bits per heavy atom. The van der Waals surface area contributed by atoms with Gasteiger partial charge < -0.3 is 5.73 Å². The Kier molecular flexibility index (Phi) is 3.28. The number of nitrogen functional groups attached to an aromatic ring is 1. The normalized spacial score (nSPS) is 10.6. The molecule has 1 aromatic heterocycles. The molecule has 0 amide bonds. The molecule has 1 aromatic rings. The molecule has 0 atom stereocenters. The molecule has 0 radical (unpaired) electrons. The van der Waals surface area contributed by atoms with E-state index in [0.717, 1.165) is 11.8 Å². The lowest BCUT2D eigenvalue weighted by Crippen LogP contribution is -1.94. The minimum atomic E-state index is -2.28. The van der Waals surface area contributed by atoms with Crippen LogP contribution < -0.4 is 5.73 Å². The van der Waals surface area contributed by atoms with Crippen LogP contribution in [0.25, 0.3) is 0 Å². The van der Waals surface area contributed by atoms with Crippen LogP contribution in [0.1, 0.15) is 0 Å². The van der Waals surface area contributed by atoms with E-state index in [1.54, 1.807) is 12.1 Å². The summed E-state index contributed by atoms with van der Waals surface area (Å²) in [4.78, 5) is 4.48. The van der Waals surface area contributed by atoms with Crippen molar-refractivity contribution in [1.82, 2.24) is 4.98 Å². The number of halogens is 2. The highest BCUT2D eigenvalue weighted by Crippen LogP contribution is 2.19. The molecule has 1 heterocycles. The molecule has 0 aliphatic carbocycles. The molecule has 12 heavy (non-hydrogen) atoms. The van der Waals surface area contributed by atoms with E-state index in [1.807, 2.05) is 0 Å². The molecular formula is C7H8F2N2S. The van der Waals surface area contributed by atoms with Gasteiger partial charge in [0, 0.05) is 11.1 Å². The molecule has 5 heteroatoms. The van der Waals surface area contributed by atoms with Gasteiger partial charge in [-0.1, -0.05) is 0 Å². The Bertz CT molecular complexity index is 238. The number of alkyl halides is 2. The highest BCUT2D eigenvalue weighted by Gasteiger charge is 2.03. The summed E-state index contributed by atoms with van der Waals surface area (Å²) in [5, 5.41) is 0. The minimum absolute atomic E-state index is 0.203. The van der Waals surface area contributed by atoms with Crippen molar-refractivity contribution in [2.45, 2.75) is 11.3 Å². The molecule has 1 rings (SSSR count). The summed E-state index contributed by atoms with van der Waals surface area (Å²) < 4.78 is 23.5. The van der Waals surface area contributed by atoms with Crippen molar-refractivity contribution >= 4 is 17.6 Å². The molecular weight excluding hydrogens is 182 g/mol. The molecule has 2 nitrogen and oxygen atoms in total. The van der Waals surface area contributed by atoms with Crippen molar-refractivity contribution < 1.29 is 8.78 Å². The molecule has 0 aliphatic heterocycles. The monoisotopic (exact) mass is 190 g/mol. The molecule has 0 unspecified atom stereocenters. The lowest BCUT2D eigenvalue weighted by Gasteiger charge is -1.99. The third kappa shape index (κ3) is 3.04. The van der Waals surface area contributed by atoms with Gasteiger partial charge in [0.2, 0.25) is 6.43 Å². The third-order valence-electron chi connectivity index (χ3n) is 1.14. The third-order valence-corrected chi connectivity index (χ3v) is 2.13.